The highest BCUT2D eigenvalue weighted by atomic mass is 32.2. The Hall–Kier alpha value is -3.92. The molecule has 3 aromatic carbocycles. The van der Waals surface area contributed by atoms with Crippen molar-refractivity contribution in [2.24, 2.45) is 0 Å². The first-order valence-electron chi connectivity index (χ1n) is 10.9. The molecule has 184 valence electrons. The Morgan fingerprint density at radius 1 is 0.886 bits per heavy atom. The molecule has 9 nitrogen and oxygen atoms in total. The number of amides is 1. The summed E-state index contributed by atoms with van der Waals surface area (Å²) in [5.74, 6) is 1.92. The van der Waals surface area contributed by atoms with Crippen molar-refractivity contribution in [3.8, 4) is 23.0 Å². The number of nitrogens with one attached hydrogen (secondary N) is 2. The van der Waals surface area contributed by atoms with Crippen LogP contribution in [0.4, 0.5) is 5.69 Å². The lowest BCUT2D eigenvalue weighted by atomic mass is 10.1. The van der Waals surface area contributed by atoms with Crippen molar-refractivity contribution in [3.05, 3.63) is 71.8 Å². The molecule has 1 amide bonds. The third-order valence-electron chi connectivity index (χ3n) is 5.37. The minimum absolute atomic E-state index is 0.0544. The number of sulfonamides is 1. The second kappa shape index (κ2) is 10.6. The van der Waals surface area contributed by atoms with E-state index in [-0.39, 0.29) is 10.8 Å². The van der Waals surface area contributed by atoms with E-state index < -0.39 is 10.0 Å². The van der Waals surface area contributed by atoms with Crippen molar-refractivity contribution < 1.29 is 32.2 Å². The second-order valence-electron chi connectivity index (χ2n) is 7.68. The summed E-state index contributed by atoms with van der Waals surface area (Å²) in [6.07, 6.45) is 0.611. The van der Waals surface area contributed by atoms with E-state index in [9.17, 15) is 13.2 Å². The molecule has 0 unspecified atom stereocenters. The van der Waals surface area contributed by atoms with Crippen LogP contribution in [0.15, 0.2) is 65.6 Å². The number of rotatable bonds is 9. The maximum absolute atomic E-state index is 12.8. The molecule has 4 rings (SSSR count). The molecule has 0 radical (unpaired) electrons. The van der Waals surface area contributed by atoms with Gasteiger partial charge in [0.1, 0.15) is 13.2 Å². The fourth-order valence-electron chi connectivity index (χ4n) is 3.55. The van der Waals surface area contributed by atoms with Crippen molar-refractivity contribution in [2.45, 2.75) is 11.3 Å². The number of hydrogen-bond acceptors (Lipinski definition) is 7. The number of ether oxygens (including phenoxy) is 4. The standard InChI is InChI=1S/C25H26N2O7S/c1-31-21-9-3-17(15-23(21)32-2)11-12-26-25(28)18-4-6-19(7-5-18)27-35(29,30)20-8-10-22-24(16-20)34-14-13-33-22/h3-10,15-16,27H,11-14H2,1-2H3,(H,26,28). The average molecular weight is 499 g/mol. The Morgan fingerprint density at radius 3 is 2.31 bits per heavy atom. The van der Waals surface area contributed by atoms with Crippen LogP contribution in [0.2, 0.25) is 0 Å². The maximum Gasteiger partial charge on any atom is 0.262 e. The molecule has 0 fully saturated rings. The van der Waals surface area contributed by atoms with Crippen molar-refractivity contribution in [1.29, 1.82) is 0 Å². The third kappa shape index (κ3) is 5.78. The summed E-state index contributed by atoms with van der Waals surface area (Å²) in [6.45, 7) is 1.21. The molecule has 0 aliphatic carbocycles. The summed E-state index contributed by atoms with van der Waals surface area (Å²) in [5, 5.41) is 2.86. The van der Waals surface area contributed by atoms with Crippen LogP contribution < -0.4 is 29.0 Å². The van der Waals surface area contributed by atoms with Gasteiger partial charge in [0, 0.05) is 23.9 Å². The maximum atomic E-state index is 12.8. The monoisotopic (exact) mass is 498 g/mol. The highest BCUT2D eigenvalue weighted by molar-refractivity contribution is 7.92. The summed E-state index contributed by atoms with van der Waals surface area (Å²) in [5.41, 5.74) is 1.74. The van der Waals surface area contributed by atoms with Crippen LogP contribution in [0.1, 0.15) is 15.9 Å². The average Bonchev–Trinajstić information content (AvgIpc) is 2.88. The molecule has 0 spiro atoms. The van der Waals surface area contributed by atoms with E-state index in [1.807, 2.05) is 18.2 Å². The van der Waals surface area contributed by atoms with Gasteiger partial charge in [0.25, 0.3) is 15.9 Å². The van der Waals surface area contributed by atoms with E-state index in [0.29, 0.717) is 60.4 Å². The second-order valence-corrected chi connectivity index (χ2v) is 9.37. The van der Waals surface area contributed by atoms with Crippen molar-refractivity contribution in [1.82, 2.24) is 5.32 Å². The summed E-state index contributed by atoms with van der Waals surface area (Å²) in [7, 11) is -0.692. The molecule has 3 aromatic rings. The molecule has 0 bridgehead atoms. The predicted molar refractivity (Wildman–Crippen MR) is 130 cm³/mol. The Bertz CT molecular complexity index is 1310. The number of carbonyl (C=O) groups is 1. The molecule has 1 heterocycles. The zero-order valence-corrected chi connectivity index (χ0v) is 20.2. The molecular formula is C25H26N2O7S. The fraction of sp³-hybridized carbons (Fsp3) is 0.240. The fourth-order valence-corrected chi connectivity index (χ4v) is 4.63. The van der Waals surface area contributed by atoms with Crippen LogP contribution in [0.5, 0.6) is 23.0 Å². The van der Waals surface area contributed by atoms with E-state index in [4.69, 9.17) is 18.9 Å². The zero-order chi connectivity index (χ0) is 24.8. The van der Waals surface area contributed by atoms with Gasteiger partial charge >= 0.3 is 0 Å². The molecule has 0 saturated carbocycles. The van der Waals surface area contributed by atoms with E-state index >= 15 is 0 Å². The van der Waals surface area contributed by atoms with Crippen LogP contribution in [0, 0.1) is 0 Å². The number of benzene rings is 3. The largest absolute Gasteiger partial charge is 0.493 e. The normalized spacial score (nSPS) is 12.5. The van der Waals surface area contributed by atoms with Crippen LogP contribution in [0.25, 0.3) is 0 Å². The van der Waals surface area contributed by atoms with Crippen LogP contribution in [-0.2, 0) is 16.4 Å². The molecule has 1 aliphatic rings. The Morgan fingerprint density at radius 2 is 1.60 bits per heavy atom. The van der Waals surface area contributed by atoms with Gasteiger partial charge in [0.2, 0.25) is 0 Å². The van der Waals surface area contributed by atoms with Crippen molar-refractivity contribution in [3.63, 3.8) is 0 Å². The minimum Gasteiger partial charge on any atom is -0.493 e. The highest BCUT2D eigenvalue weighted by Crippen LogP contribution is 2.33. The minimum atomic E-state index is -3.84. The van der Waals surface area contributed by atoms with Gasteiger partial charge < -0.3 is 24.3 Å². The topological polar surface area (TPSA) is 112 Å². The zero-order valence-electron chi connectivity index (χ0n) is 19.4. The molecular weight excluding hydrogens is 472 g/mol. The SMILES string of the molecule is COc1ccc(CCNC(=O)c2ccc(NS(=O)(=O)c3ccc4c(c3)OCCO4)cc2)cc1OC. The Labute approximate surface area is 204 Å². The van der Waals surface area contributed by atoms with Gasteiger partial charge in [-0.15, -0.1) is 0 Å². The van der Waals surface area contributed by atoms with Gasteiger partial charge in [-0.1, -0.05) is 6.07 Å². The summed E-state index contributed by atoms with van der Waals surface area (Å²) >= 11 is 0. The first-order chi connectivity index (χ1) is 16.9. The third-order valence-corrected chi connectivity index (χ3v) is 6.75. The molecule has 10 heteroatoms. The number of methoxy groups -OCH3 is 2. The summed E-state index contributed by atoms with van der Waals surface area (Å²) in [4.78, 5) is 12.5. The molecule has 1 aliphatic heterocycles. The quantitative estimate of drug-likeness (QED) is 0.466. The van der Waals surface area contributed by atoms with E-state index in [2.05, 4.69) is 10.0 Å². The molecule has 0 atom stereocenters. The lowest BCUT2D eigenvalue weighted by Crippen LogP contribution is -2.25. The molecule has 35 heavy (non-hydrogen) atoms. The first-order valence-corrected chi connectivity index (χ1v) is 12.4. The van der Waals surface area contributed by atoms with Gasteiger partial charge in [0.05, 0.1) is 19.1 Å². The number of carbonyl (C=O) groups excluding carboxylic acids is 1. The van der Waals surface area contributed by atoms with Gasteiger partial charge in [0.15, 0.2) is 23.0 Å². The molecule has 0 aromatic heterocycles. The van der Waals surface area contributed by atoms with E-state index in [1.165, 1.54) is 12.1 Å². The number of hydrogen-bond donors (Lipinski definition) is 2. The van der Waals surface area contributed by atoms with E-state index in [0.717, 1.165) is 5.56 Å². The first kappa shape index (κ1) is 24.2. The number of fused-ring (bicyclic) bond motifs is 1. The summed E-state index contributed by atoms with van der Waals surface area (Å²) < 4.78 is 49.5. The number of anilines is 1. The van der Waals surface area contributed by atoms with Crippen LogP contribution in [-0.4, -0.2) is 48.3 Å². The Kier molecular flexibility index (Phi) is 7.31. The van der Waals surface area contributed by atoms with Gasteiger partial charge in [-0.3, -0.25) is 9.52 Å². The smallest absolute Gasteiger partial charge is 0.262 e. The Balaban J connectivity index is 1.34. The van der Waals surface area contributed by atoms with Crippen molar-refractivity contribution >= 4 is 21.6 Å². The molecule has 0 saturated heterocycles. The van der Waals surface area contributed by atoms with Gasteiger partial charge in [-0.2, -0.15) is 0 Å². The molecule has 2 N–H and O–H groups in total. The van der Waals surface area contributed by atoms with Crippen LogP contribution >= 0.6 is 0 Å². The van der Waals surface area contributed by atoms with Gasteiger partial charge in [-0.25, -0.2) is 8.42 Å². The van der Waals surface area contributed by atoms with E-state index in [1.54, 1.807) is 44.6 Å². The van der Waals surface area contributed by atoms with Crippen molar-refractivity contribution in [2.75, 3.05) is 38.7 Å². The highest BCUT2D eigenvalue weighted by Gasteiger charge is 2.19. The summed E-state index contributed by atoms with van der Waals surface area (Å²) in [6, 6.07) is 16.3. The lowest BCUT2D eigenvalue weighted by molar-refractivity contribution is 0.0954. The lowest BCUT2D eigenvalue weighted by Gasteiger charge is -2.19. The predicted octanol–water partition coefficient (Wildman–Crippen LogP) is 3.25. The van der Waals surface area contributed by atoms with Crippen LogP contribution in [0.3, 0.4) is 0 Å². The van der Waals surface area contributed by atoms with Gasteiger partial charge in [-0.05, 0) is 60.5 Å².